The Balaban J connectivity index is 3.43. The Labute approximate surface area is 56.3 Å². The molecule has 0 aliphatic carbocycles. The lowest BCUT2D eigenvalue weighted by Crippen LogP contribution is -2.05. The highest BCUT2D eigenvalue weighted by atomic mass is 79.9. The van der Waals surface area contributed by atoms with E-state index in [1.165, 1.54) is 6.92 Å². The van der Waals surface area contributed by atoms with Crippen molar-refractivity contribution < 1.29 is 9.53 Å². The van der Waals surface area contributed by atoms with E-state index < -0.39 is 5.01 Å². The van der Waals surface area contributed by atoms with Crippen molar-refractivity contribution in [1.29, 1.82) is 0 Å². The number of esters is 1. The van der Waals surface area contributed by atoms with Crippen molar-refractivity contribution in [3.63, 3.8) is 0 Å². The predicted molar refractivity (Wildman–Crippen MR) is 33.3 cm³/mol. The number of hydrogen-bond donors (Lipinski definition) is 0. The molecule has 0 rings (SSSR count). The van der Waals surface area contributed by atoms with Crippen molar-refractivity contribution in [1.82, 2.24) is 0 Å². The predicted octanol–water partition coefficient (Wildman–Crippen LogP) is 0.904. The van der Waals surface area contributed by atoms with Gasteiger partial charge in [-0.05, 0) is 15.9 Å². The van der Waals surface area contributed by atoms with Crippen LogP contribution in [0.25, 0.3) is 0 Å². The van der Waals surface area contributed by atoms with E-state index >= 15 is 0 Å². The van der Waals surface area contributed by atoms with Gasteiger partial charge in [0.2, 0.25) is 5.01 Å². The fourth-order valence-corrected chi connectivity index (χ4v) is 0.443. The first kappa shape index (κ1) is 7.51. The second-order valence-corrected chi connectivity index (χ2v) is 1.92. The van der Waals surface area contributed by atoms with Crippen molar-refractivity contribution >= 4 is 21.9 Å². The van der Waals surface area contributed by atoms with Crippen molar-refractivity contribution in [3.8, 4) is 12.3 Å². The first-order valence-corrected chi connectivity index (χ1v) is 2.86. The number of alkyl halides is 1. The number of ether oxygens (including phenoxy) is 1. The number of carbonyl (C=O) groups excluding carboxylic acids is 1. The van der Waals surface area contributed by atoms with Gasteiger partial charge in [-0.15, -0.1) is 6.42 Å². The van der Waals surface area contributed by atoms with E-state index in [0.717, 1.165) is 0 Å². The number of halogens is 1. The van der Waals surface area contributed by atoms with Crippen LogP contribution in [-0.2, 0) is 9.53 Å². The molecule has 0 aromatic carbocycles. The number of carbonyl (C=O) groups is 1. The lowest BCUT2D eigenvalue weighted by molar-refractivity contribution is -0.140. The topological polar surface area (TPSA) is 26.3 Å². The van der Waals surface area contributed by atoms with Crippen molar-refractivity contribution in [3.05, 3.63) is 0 Å². The van der Waals surface area contributed by atoms with E-state index in [4.69, 9.17) is 6.42 Å². The molecule has 0 amide bonds. The Hall–Kier alpha value is -0.490. The monoisotopic (exact) mass is 176 g/mol. The van der Waals surface area contributed by atoms with Gasteiger partial charge in [0.15, 0.2) is 0 Å². The first-order valence-electron chi connectivity index (χ1n) is 1.94. The summed E-state index contributed by atoms with van der Waals surface area (Å²) in [6.07, 6.45) is 4.85. The average molecular weight is 177 g/mol. The Morgan fingerprint density at radius 3 is 2.62 bits per heavy atom. The highest BCUT2D eigenvalue weighted by Crippen LogP contribution is 1.98. The van der Waals surface area contributed by atoms with Gasteiger partial charge in [-0.2, -0.15) is 0 Å². The summed E-state index contributed by atoms with van der Waals surface area (Å²) in [5.74, 6) is 1.79. The molecule has 0 saturated heterocycles. The minimum atomic E-state index is -0.583. The van der Waals surface area contributed by atoms with Crippen LogP contribution in [0.3, 0.4) is 0 Å². The minimum absolute atomic E-state index is 0.384. The average Bonchev–Trinajstić information content (AvgIpc) is 1.65. The maximum absolute atomic E-state index is 10.1. The van der Waals surface area contributed by atoms with Crippen LogP contribution in [0.2, 0.25) is 0 Å². The number of rotatable bonds is 1. The quantitative estimate of drug-likeness (QED) is 0.338. The van der Waals surface area contributed by atoms with Crippen LogP contribution in [0.4, 0.5) is 0 Å². The number of hydrogen-bond acceptors (Lipinski definition) is 2. The van der Waals surface area contributed by atoms with E-state index in [0.29, 0.717) is 0 Å². The van der Waals surface area contributed by atoms with E-state index in [1.54, 1.807) is 0 Å². The molecule has 0 saturated carbocycles. The summed E-state index contributed by atoms with van der Waals surface area (Å²) in [5, 5.41) is -0.583. The van der Waals surface area contributed by atoms with Crippen LogP contribution in [0.5, 0.6) is 0 Å². The molecule has 0 bridgehead atoms. The number of terminal acetylenes is 1. The standard InChI is InChI=1S/C5H5BrO2/c1-3-5(6)8-4(2)7/h1,5H,2H3. The molecule has 0 aliphatic heterocycles. The lowest BCUT2D eigenvalue weighted by Gasteiger charge is -1.99. The Morgan fingerprint density at radius 1 is 2.00 bits per heavy atom. The molecule has 44 valence electrons. The molecule has 0 aliphatic rings. The second-order valence-electron chi connectivity index (χ2n) is 1.09. The van der Waals surface area contributed by atoms with E-state index in [1.807, 2.05) is 0 Å². The molecule has 8 heavy (non-hydrogen) atoms. The summed E-state index contributed by atoms with van der Waals surface area (Å²) >= 11 is 2.90. The second kappa shape index (κ2) is 3.50. The molecule has 0 aromatic rings. The molecule has 0 radical (unpaired) electrons. The molecular weight excluding hydrogens is 172 g/mol. The molecule has 0 spiro atoms. The highest BCUT2D eigenvalue weighted by molar-refractivity contribution is 9.09. The molecule has 0 N–H and O–H groups in total. The van der Waals surface area contributed by atoms with Crippen molar-refractivity contribution in [2.75, 3.05) is 0 Å². The summed E-state index contributed by atoms with van der Waals surface area (Å²) in [6, 6.07) is 0. The van der Waals surface area contributed by atoms with Gasteiger partial charge >= 0.3 is 5.97 Å². The maximum atomic E-state index is 10.1. The third-order valence-electron chi connectivity index (χ3n) is 0.400. The summed E-state index contributed by atoms with van der Waals surface area (Å²) in [4.78, 5) is 10.1. The first-order chi connectivity index (χ1) is 3.66. The molecule has 0 fully saturated rings. The van der Waals surface area contributed by atoms with Crippen LogP contribution in [0.1, 0.15) is 6.92 Å². The Morgan fingerprint density at radius 2 is 2.50 bits per heavy atom. The summed E-state index contributed by atoms with van der Waals surface area (Å²) in [6.45, 7) is 1.30. The van der Waals surface area contributed by atoms with Crippen LogP contribution in [0, 0.1) is 12.3 Å². The molecule has 0 heterocycles. The largest absolute Gasteiger partial charge is 0.439 e. The van der Waals surface area contributed by atoms with Gasteiger partial charge in [-0.1, -0.05) is 5.92 Å². The minimum Gasteiger partial charge on any atom is -0.439 e. The zero-order valence-electron chi connectivity index (χ0n) is 4.35. The molecule has 2 nitrogen and oxygen atoms in total. The van der Waals surface area contributed by atoms with Gasteiger partial charge in [0, 0.05) is 6.92 Å². The molecule has 1 unspecified atom stereocenters. The van der Waals surface area contributed by atoms with Crippen molar-refractivity contribution in [2.45, 2.75) is 11.9 Å². The molecular formula is C5H5BrO2. The van der Waals surface area contributed by atoms with Crippen LogP contribution >= 0.6 is 15.9 Å². The molecule has 1 atom stereocenters. The fourth-order valence-electron chi connectivity index (χ4n) is 0.180. The van der Waals surface area contributed by atoms with Crippen molar-refractivity contribution in [2.24, 2.45) is 0 Å². The summed E-state index contributed by atoms with van der Waals surface area (Å²) < 4.78 is 4.44. The van der Waals surface area contributed by atoms with Crippen LogP contribution in [-0.4, -0.2) is 11.0 Å². The van der Waals surface area contributed by atoms with Gasteiger partial charge in [0.25, 0.3) is 0 Å². The van der Waals surface area contributed by atoms with Gasteiger partial charge < -0.3 is 4.74 Å². The van der Waals surface area contributed by atoms with E-state index in [-0.39, 0.29) is 5.97 Å². The molecule has 3 heteroatoms. The van der Waals surface area contributed by atoms with E-state index in [9.17, 15) is 4.79 Å². The normalized spacial score (nSPS) is 11.6. The van der Waals surface area contributed by atoms with Gasteiger partial charge in [0.1, 0.15) is 0 Å². The summed E-state index contributed by atoms with van der Waals surface area (Å²) in [7, 11) is 0. The highest BCUT2D eigenvalue weighted by Gasteiger charge is 1.99. The maximum Gasteiger partial charge on any atom is 0.304 e. The third kappa shape index (κ3) is 3.69. The smallest absolute Gasteiger partial charge is 0.304 e. The summed E-state index contributed by atoms with van der Waals surface area (Å²) in [5.41, 5.74) is 0. The zero-order valence-corrected chi connectivity index (χ0v) is 5.94. The Kier molecular flexibility index (Phi) is 3.29. The van der Waals surface area contributed by atoms with Crippen LogP contribution in [0.15, 0.2) is 0 Å². The zero-order chi connectivity index (χ0) is 6.57. The van der Waals surface area contributed by atoms with Gasteiger partial charge in [0.05, 0.1) is 0 Å². The fraction of sp³-hybridized carbons (Fsp3) is 0.400. The van der Waals surface area contributed by atoms with Gasteiger partial charge in [-0.3, -0.25) is 4.79 Å². The molecule has 0 aromatic heterocycles. The SMILES string of the molecule is C#CC(Br)OC(C)=O. The lowest BCUT2D eigenvalue weighted by atomic mass is 10.7. The Bertz CT molecular complexity index is 125. The third-order valence-corrected chi connectivity index (χ3v) is 0.852. The van der Waals surface area contributed by atoms with E-state index in [2.05, 4.69) is 26.6 Å². The van der Waals surface area contributed by atoms with Crippen LogP contribution < -0.4 is 0 Å². The van der Waals surface area contributed by atoms with Gasteiger partial charge in [-0.25, -0.2) is 0 Å².